The molecule has 6 nitrogen and oxygen atoms in total. The standard InChI is InChI=1S/C21H19NO5S/c1-3-27-21(25)18-19(24)17(12-13-8-10-14(23)11-9-13)28-20(18)22-15-6-4-5-7-16(15)26-2/h4-12,23-24H,3H2,1-2H3. The predicted molar refractivity (Wildman–Crippen MR) is 110 cm³/mol. The third kappa shape index (κ3) is 4.20. The number of phenols is 1. The molecular formula is C21H19NO5S. The molecule has 0 spiro atoms. The van der Waals surface area contributed by atoms with Crippen LogP contribution >= 0.6 is 11.8 Å². The maximum atomic E-state index is 12.4. The molecule has 2 N–H and O–H groups in total. The van der Waals surface area contributed by atoms with E-state index in [1.165, 1.54) is 7.11 Å². The summed E-state index contributed by atoms with van der Waals surface area (Å²) in [4.78, 5) is 17.4. The quantitative estimate of drug-likeness (QED) is 0.717. The zero-order valence-electron chi connectivity index (χ0n) is 15.4. The maximum absolute atomic E-state index is 12.4. The first kappa shape index (κ1) is 19.6. The average Bonchev–Trinajstić information content (AvgIpc) is 2.99. The SMILES string of the molecule is CCOC(=O)C1=C(O)C(=Cc2ccc(O)cc2)SC1=Nc1ccccc1OC. The van der Waals surface area contributed by atoms with E-state index in [4.69, 9.17) is 9.47 Å². The molecule has 0 radical (unpaired) electrons. The molecule has 0 aromatic heterocycles. The number of thioether (sulfide) groups is 1. The van der Waals surface area contributed by atoms with Crippen molar-refractivity contribution in [2.24, 2.45) is 4.99 Å². The summed E-state index contributed by atoms with van der Waals surface area (Å²) in [5.74, 6) is -0.138. The number of rotatable bonds is 5. The molecule has 0 saturated carbocycles. The van der Waals surface area contributed by atoms with E-state index in [0.29, 0.717) is 21.4 Å². The molecule has 144 valence electrons. The Balaban J connectivity index is 2.06. The fraction of sp³-hybridized carbons (Fsp3) is 0.143. The second-order valence-electron chi connectivity index (χ2n) is 5.74. The van der Waals surface area contributed by atoms with Crippen molar-refractivity contribution in [1.82, 2.24) is 0 Å². The van der Waals surface area contributed by atoms with Crippen molar-refractivity contribution >= 4 is 34.5 Å². The minimum atomic E-state index is -0.643. The lowest BCUT2D eigenvalue weighted by Crippen LogP contribution is -2.12. The molecule has 0 saturated heterocycles. The number of aliphatic hydroxyl groups excluding tert-OH is 1. The summed E-state index contributed by atoms with van der Waals surface area (Å²) in [5.41, 5.74) is 1.31. The molecule has 0 amide bonds. The Morgan fingerprint density at radius 1 is 1.14 bits per heavy atom. The number of para-hydroxylation sites is 2. The number of hydrogen-bond acceptors (Lipinski definition) is 7. The van der Waals surface area contributed by atoms with Crippen LogP contribution in [-0.4, -0.2) is 34.9 Å². The van der Waals surface area contributed by atoms with Gasteiger partial charge in [0.1, 0.15) is 33.6 Å². The molecule has 1 aliphatic rings. The van der Waals surface area contributed by atoms with E-state index in [2.05, 4.69) is 4.99 Å². The fourth-order valence-corrected chi connectivity index (χ4v) is 3.57. The number of nitrogens with zero attached hydrogens (tertiary/aromatic N) is 1. The van der Waals surface area contributed by atoms with Crippen molar-refractivity contribution in [2.75, 3.05) is 13.7 Å². The zero-order chi connectivity index (χ0) is 20.1. The lowest BCUT2D eigenvalue weighted by Gasteiger charge is -2.06. The number of esters is 1. The first-order valence-corrected chi connectivity index (χ1v) is 9.36. The summed E-state index contributed by atoms with van der Waals surface area (Å²) in [6, 6.07) is 13.6. The molecule has 0 unspecified atom stereocenters. The van der Waals surface area contributed by atoms with Crippen LogP contribution in [-0.2, 0) is 9.53 Å². The number of carbonyl (C=O) groups excluding carboxylic acids is 1. The van der Waals surface area contributed by atoms with E-state index in [1.807, 2.05) is 12.1 Å². The molecule has 28 heavy (non-hydrogen) atoms. The van der Waals surface area contributed by atoms with Gasteiger partial charge in [0, 0.05) is 0 Å². The minimum Gasteiger partial charge on any atom is -0.508 e. The van der Waals surface area contributed by atoms with E-state index in [-0.39, 0.29) is 23.7 Å². The van der Waals surface area contributed by atoms with Crippen molar-refractivity contribution in [3.8, 4) is 11.5 Å². The van der Waals surface area contributed by atoms with Crippen LogP contribution in [0.15, 0.2) is 69.8 Å². The van der Waals surface area contributed by atoms with Gasteiger partial charge in [-0.15, -0.1) is 0 Å². The van der Waals surface area contributed by atoms with Gasteiger partial charge in [0.15, 0.2) is 0 Å². The molecule has 7 heteroatoms. The average molecular weight is 397 g/mol. The Hall–Kier alpha value is -3.19. The Morgan fingerprint density at radius 2 is 1.86 bits per heavy atom. The first-order valence-electron chi connectivity index (χ1n) is 8.55. The van der Waals surface area contributed by atoms with Crippen molar-refractivity contribution in [2.45, 2.75) is 6.92 Å². The van der Waals surface area contributed by atoms with E-state index >= 15 is 0 Å². The van der Waals surface area contributed by atoms with Crippen LogP contribution in [0.3, 0.4) is 0 Å². The Morgan fingerprint density at radius 3 is 2.54 bits per heavy atom. The second-order valence-corrected chi connectivity index (χ2v) is 6.77. The van der Waals surface area contributed by atoms with Gasteiger partial charge in [0.2, 0.25) is 0 Å². The number of carbonyl (C=O) groups is 1. The summed E-state index contributed by atoms with van der Waals surface area (Å²) in [7, 11) is 1.54. The minimum absolute atomic E-state index is 0.0165. The van der Waals surface area contributed by atoms with Gasteiger partial charge in [0.25, 0.3) is 0 Å². The van der Waals surface area contributed by atoms with Gasteiger partial charge in [-0.25, -0.2) is 9.79 Å². The molecule has 3 rings (SSSR count). The first-order chi connectivity index (χ1) is 13.5. The van der Waals surface area contributed by atoms with Crippen LogP contribution < -0.4 is 4.74 Å². The van der Waals surface area contributed by atoms with Crippen molar-refractivity contribution < 1.29 is 24.5 Å². The third-order valence-corrected chi connectivity index (χ3v) is 4.89. The predicted octanol–water partition coefficient (Wildman–Crippen LogP) is 4.59. The largest absolute Gasteiger partial charge is 0.508 e. The molecular weight excluding hydrogens is 378 g/mol. The van der Waals surface area contributed by atoms with Gasteiger partial charge >= 0.3 is 5.97 Å². The molecule has 1 heterocycles. The molecule has 0 bridgehead atoms. The van der Waals surface area contributed by atoms with Crippen LogP contribution in [0.2, 0.25) is 0 Å². The van der Waals surface area contributed by atoms with E-state index in [1.54, 1.807) is 49.4 Å². The third-order valence-electron chi connectivity index (χ3n) is 3.87. The number of methoxy groups -OCH3 is 1. The highest BCUT2D eigenvalue weighted by Gasteiger charge is 2.33. The Kier molecular flexibility index (Phi) is 6.06. The fourth-order valence-electron chi connectivity index (χ4n) is 2.55. The molecule has 2 aromatic carbocycles. The van der Waals surface area contributed by atoms with Gasteiger partial charge < -0.3 is 19.7 Å². The van der Waals surface area contributed by atoms with Crippen molar-refractivity contribution in [1.29, 1.82) is 0 Å². The number of ether oxygens (including phenoxy) is 2. The highest BCUT2D eigenvalue weighted by molar-refractivity contribution is 8.18. The number of phenolic OH excluding ortho intramolecular Hbond substituents is 1. The summed E-state index contributed by atoms with van der Waals surface area (Å²) < 4.78 is 10.4. The lowest BCUT2D eigenvalue weighted by molar-refractivity contribution is -0.138. The summed E-state index contributed by atoms with van der Waals surface area (Å²) in [6.45, 7) is 1.88. The Labute approximate surface area is 166 Å². The van der Waals surface area contributed by atoms with Crippen LogP contribution in [0.1, 0.15) is 12.5 Å². The van der Waals surface area contributed by atoms with Crippen LogP contribution in [0, 0.1) is 0 Å². The van der Waals surface area contributed by atoms with Gasteiger partial charge in [-0.3, -0.25) is 0 Å². The second kappa shape index (κ2) is 8.67. The number of hydrogen-bond donors (Lipinski definition) is 2. The maximum Gasteiger partial charge on any atom is 0.344 e. The zero-order valence-corrected chi connectivity index (χ0v) is 16.2. The number of benzene rings is 2. The monoisotopic (exact) mass is 397 g/mol. The normalized spacial score (nSPS) is 16.6. The number of aromatic hydroxyl groups is 1. The lowest BCUT2D eigenvalue weighted by atomic mass is 10.1. The topological polar surface area (TPSA) is 88.4 Å². The van der Waals surface area contributed by atoms with Gasteiger partial charge in [-0.2, -0.15) is 0 Å². The summed E-state index contributed by atoms with van der Waals surface area (Å²) >= 11 is 1.16. The molecule has 0 atom stereocenters. The molecule has 0 fully saturated rings. The van der Waals surface area contributed by atoms with Crippen molar-refractivity contribution in [3.63, 3.8) is 0 Å². The molecule has 2 aromatic rings. The molecule has 1 aliphatic heterocycles. The van der Waals surface area contributed by atoms with Crippen molar-refractivity contribution in [3.05, 3.63) is 70.3 Å². The molecule has 0 aliphatic carbocycles. The summed E-state index contributed by atoms with van der Waals surface area (Å²) in [5, 5.41) is 20.4. The smallest absolute Gasteiger partial charge is 0.344 e. The summed E-state index contributed by atoms with van der Waals surface area (Å²) in [6.07, 6.45) is 1.71. The van der Waals surface area contributed by atoms with Crippen LogP contribution in [0.25, 0.3) is 6.08 Å². The van der Waals surface area contributed by atoms with E-state index < -0.39 is 5.97 Å². The number of aliphatic imine (C=N–C) groups is 1. The van der Waals surface area contributed by atoms with Gasteiger partial charge in [-0.1, -0.05) is 36.0 Å². The van der Waals surface area contributed by atoms with Gasteiger partial charge in [-0.05, 0) is 42.8 Å². The van der Waals surface area contributed by atoms with Crippen LogP contribution in [0.4, 0.5) is 5.69 Å². The van der Waals surface area contributed by atoms with E-state index in [0.717, 1.165) is 17.3 Å². The highest BCUT2D eigenvalue weighted by Crippen LogP contribution is 2.41. The van der Waals surface area contributed by atoms with Gasteiger partial charge in [0.05, 0.1) is 18.6 Å². The highest BCUT2D eigenvalue weighted by atomic mass is 32.2. The Bertz CT molecular complexity index is 977. The van der Waals surface area contributed by atoms with E-state index in [9.17, 15) is 15.0 Å². The van der Waals surface area contributed by atoms with Crippen LogP contribution in [0.5, 0.6) is 11.5 Å². The number of aliphatic hydroxyl groups is 1.